The summed E-state index contributed by atoms with van der Waals surface area (Å²) in [6.45, 7) is 6.61. The summed E-state index contributed by atoms with van der Waals surface area (Å²) in [6, 6.07) is 4.04. The topological polar surface area (TPSA) is 39.1 Å². The summed E-state index contributed by atoms with van der Waals surface area (Å²) in [5.41, 5.74) is 4.39. The van der Waals surface area contributed by atoms with E-state index < -0.39 is 0 Å². The van der Waals surface area contributed by atoms with E-state index in [1.54, 1.807) is 17.6 Å². The number of rotatable bonds is 2. The average Bonchev–Trinajstić information content (AvgIpc) is 3.16. The van der Waals surface area contributed by atoms with E-state index in [-0.39, 0.29) is 0 Å². The molecule has 0 fully saturated rings. The van der Waals surface area contributed by atoms with Gasteiger partial charge in [-0.15, -0.1) is 0 Å². The maximum atomic E-state index is 6.43. The van der Waals surface area contributed by atoms with E-state index in [0.717, 1.165) is 44.7 Å². The maximum Gasteiger partial charge on any atom is 0.288 e. The van der Waals surface area contributed by atoms with Crippen LogP contribution in [0, 0.1) is 12.8 Å². The quantitative estimate of drug-likeness (QED) is 0.413. The Hall–Kier alpha value is -2.40. The molecule has 0 aliphatic carbocycles. The van der Waals surface area contributed by atoms with Crippen molar-refractivity contribution in [1.82, 2.24) is 4.98 Å². The number of furan rings is 1. The van der Waals surface area contributed by atoms with Gasteiger partial charge in [-0.25, -0.2) is 4.57 Å². The molecular weight excluding hydrogens is 332 g/mol. The van der Waals surface area contributed by atoms with E-state index in [1.165, 1.54) is 16.1 Å². The van der Waals surface area contributed by atoms with Gasteiger partial charge in [0.2, 0.25) is 4.83 Å². The fourth-order valence-electron chi connectivity index (χ4n) is 3.78. The third kappa shape index (κ3) is 1.99. The van der Waals surface area contributed by atoms with Gasteiger partial charge in [-0.2, -0.15) is 0 Å². The van der Waals surface area contributed by atoms with Gasteiger partial charge in [-0.05, 0) is 35.9 Å². The van der Waals surface area contributed by atoms with E-state index in [2.05, 4.69) is 37.4 Å². The summed E-state index contributed by atoms with van der Waals surface area (Å²) in [5, 5.41) is 2.28. The van der Waals surface area contributed by atoms with Crippen LogP contribution in [0.4, 0.5) is 0 Å². The standard InChI is InChI=1S/C20H19N2O2S/c1-10(2)7-15-19-17-18(22(4)9-21-20(17)25-15)16-11(3)12-5-6-23-13(12)8-14(16)24-19/h5-6,8-10H,7H2,1-4H3/q+1. The number of nitrogens with zero attached hydrogens (tertiary/aromatic N) is 2. The molecule has 25 heavy (non-hydrogen) atoms. The Morgan fingerprint density at radius 1 is 1.32 bits per heavy atom. The second-order valence-corrected chi connectivity index (χ2v) is 8.23. The second kappa shape index (κ2) is 5.05. The summed E-state index contributed by atoms with van der Waals surface area (Å²) in [5.74, 6) is 2.42. The van der Waals surface area contributed by atoms with Crippen LogP contribution in [0.1, 0.15) is 24.3 Å². The normalized spacial score (nSPS) is 12.8. The molecule has 1 aliphatic heterocycles. The largest absolute Gasteiger partial charge is 0.464 e. The molecule has 4 aromatic rings. The summed E-state index contributed by atoms with van der Waals surface area (Å²) in [7, 11) is 2.06. The summed E-state index contributed by atoms with van der Waals surface area (Å²) in [4.78, 5) is 6.97. The van der Waals surface area contributed by atoms with Crippen LogP contribution in [0.3, 0.4) is 0 Å². The predicted molar refractivity (Wildman–Crippen MR) is 99.4 cm³/mol. The Labute approximate surface area is 149 Å². The first-order chi connectivity index (χ1) is 12.0. The number of aromatic nitrogens is 2. The van der Waals surface area contributed by atoms with Crippen molar-refractivity contribution in [3.63, 3.8) is 0 Å². The Balaban J connectivity index is 1.91. The minimum absolute atomic E-state index is 0.570. The third-order valence-corrected chi connectivity index (χ3v) is 5.98. The minimum Gasteiger partial charge on any atom is -0.464 e. The molecule has 5 heteroatoms. The third-order valence-electron chi connectivity index (χ3n) is 4.88. The van der Waals surface area contributed by atoms with Gasteiger partial charge >= 0.3 is 0 Å². The molecule has 0 saturated carbocycles. The van der Waals surface area contributed by atoms with Gasteiger partial charge in [0, 0.05) is 11.5 Å². The van der Waals surface area contributed by atoms with Crippen molar-refractivity contribution in [2.45, 2.75) is 27.2 Å². The number of benzene rings is 1. The fourth-order valence-corrected chi connectivity index (χ4v) is 5.05. The minimum atomic E-state index is 0.570. The van der Waals surface area contributed by atoms with Crippen molar-refractivity contribution in [3.05, 3.63) is 35.2 Å². The number of hydrogen-bond donors (Lipinski definition) is 0. The highest BCUT2D eigenvalue weighted by Gasteiger charge is 2.33. The van der Waals surface area contributed by atoms with Crippen LogP contribution in [0.2, 0.25) is 0 Å². The molecule has 5 rings (SSSR count). The molecule has 126 valence electrons. The highest BCUT2D eigenvalue weighted by atomic mass is 32.1. The van der Waals surface area contributed by atoms with Crippen molar-refractivity contribution in [2.75, 3.05) is 0 Å². The van der Waals surface area contributed by atoms with Gasteiger partial charge in [0.15, 0.2) is 11.4 Å². The molecule has 3 aromatic heterocycles. The van der Waals surface area contributed by atoms with E-state index >= 15 is 0 Å². The predicted octanol–water partition coefficient (Wildman–Crippen LogP) is 5.15. The zero-order chi connectivity index (χ0) is 17.3. The zero-order valence-corrected chi connectivity index (χ0v) is 15.5. The first-order valence-electron chi connectivity index (χ1n) is 8.53. The number of ether oxygens (including phenoxy) is 1. The summed E-state index contributed by atoms with van der Waals surface area (Å²) < 4.78 is 14.2. The van der Waals surface area contributed by atoms with E-state index in [4.69, 9.17) is 9.15 Å². The van der Waals surface area contributed by atoms with Crippen molar-refractivity contribution in [2.24, 2.45) is 13.0 Å². The van der Waals surface area contributed by atoms with Gasteiger partial charge < -0.3 is 9.15 Å². The highest BCUT2D eigenvalue weighted by Crippen LogP contribution is 2.52. The number of hydrogen-bond acceptors (Lipinski definition) is 4. The van der Waals surface area contributed by atoms with Crippen LogP contribution >= 0.6 is 11.3 Å². The molecule has 0 spiro atoms. The average molecular weight is 351 g/mol. The lowest BCUT2D eigenvalue weighted by atomic mass is 9.96. The van der Waals surface area contributed by atoms with Crippen molar-refractivity contribution >= 4 is 32.5 Å². The number of thiophene rings is 1. The van der Waals surface area contributed by atoms with Crippen LogP contribution in [0.15, 0.2) is 29.1 Å². The van der Waals surface area contributed by atoms with Crippen LogP contribution in [0.5, 0.6) is 11.5 Å². The molecule has 4 nitrogen and oxygen atoms in total. The number of fused-ring (bicyclic) bond motifs is 3. The molecule has 1 aromatic carbocycles. The van der Waals surface area contributed by atoms with Crippen LogP contribution < -0.4 is 9.30 Å². The maximum absolute atomic E-state index is 6.43. The Morgan fingerprint density at radius 2 is 2.16 bits per heavy atom. The molecule has 0 bridgehead atoms. The number of aryl methyl sites for hydroxylation is 2. The molecule has 0 radical (unpaired) electrons. The lowest BCUT2D eigenvalue weighted by Gasteiger charge is -2.20. The summed E-state index contributed by atoms with van der Waals surface area (Å²) >= 11 is 1.75. The molecule has 0 saturated heterocycles. The van der Waals surface area contributed by atoms with Gasteiger partial charge in [-0.3, -0.25) is 0 Å². The Bertz CT molecular complexity index is 1150. The van der Waals surface area contributed by atoms with Gasteiger partial charge in [0.05, 0.1) is 23.8 Å². The molecule has 0 unspecified atom stereocenters. The highest BCUT2D eigenvalue weighted by molar-refractivity contribution is 7.19. The Morgan fingerprint density at radius 3 is 2.96 bits per heavy atom. The molecule has 0 atom stereocenters. The lowest BCUT2D eigenvalue weighted by molar-refractivity contribution is -0.662. The monoisotopic (exact) mass is 351 g/mol. The van der Waals surface area contributed by atoms with Gasteiger partial charge in [0.1, 0.15) is 16.7 Å². The van der Waals surface area contributed by atoms with Crippen molar-refractivity contribution in [3.8, 4) is 22.8 Å². The van der Waals surface area contributed by atoms with Gasteiger partial charge in [0.25, 0.3) is 6.33 Å². The zero-order valence-electron chi connectivity index (χ0n) is 14.7. The van der Waals surface area contributed by atoms with Crippen LogP contribution in [-0.2, 0) is 13.5 Å². The molecule has 4 heterocycles. The smallest absolute Gasteiger partial charge is 0.288 e. The van der Waals surface area contributed by atoms with Crippen LogP contribution in [0.25, 0.3) is 32.4 Å². The van der Waals surface area contributed by atoms with Crippen molar-refractivity contribution in [1.29, 1.82) is 0 Å². The second-order valence-electron chi connectivity index (χ2n) is 7.15. The van der Waals surface area contributed by atoms with E-state index in [1.807, 2.05) is 18.5 Å². The molecule has 0 amide bonds. The molecule has 0 N–H and O–H groups in total. The fraction of sp³-hybridized carbons (Fsp3) is 0.300. The van der Waals surface area contributed by atoms with Gasteiger partial charge in [-0.1, -0.05) is 25.2 Å². The Kier molecular flexibility index (Phi) is 3.01. The van der Waals surface area contributed by atoms with Crippen molar-refractivity contribution < 1.29 is 13.7 Å². The van der Waals surface area contributed by atoms with E-state index in [9.17, 15) is 0 Å². The van der Waals surface area contributed by atoms with Crippen LogP contribution in [-0.4, -0.2) is 4.98 Å². The summed E-state index contributed by atoms with van der Waals surface area (Å²) in [6.07, 6.45) is 4.65. The first-order valence-corrected chi connectivity index (χ1v) is 9.35. The SMILES string of the molecule is Cc1c2c(cc3occc13)Oc1c(CC(C)C)sc3nc[n+](C)c-2c13. The molecular formula is C20H19N2O2S+. The first kappa shape index (κ1) is 14.9. The molecule has 1 aliphatic rings. The van der Waals surface area contributed by atoms with E-state index in [0.29, 0.717) is 5.92 Å². The lowest BCUT2D eigenvalue weighted by Crippen LogP contribution is -2.32.